The fourth-order valence-corrected chi connectivity index (χ4v) is 2.92. The predicted molar refractivity (Wildman–Crippen MR) is 94.7 cm³/mol. The van der Waals surface area contributed by atoms with Crippen LogP contribution in [0.1, 0.15) is 41.6 Å². The molecule has 0 aliphatic heterocycles. The molecule has 0 radical (unpaired) electrons. The zero-order chi connectivity index (χ0) is 17.9. The Kier molecular flexibility index (Phi) is 5.39. The van der Waals surface area contributed by atoms with Crippen LogP contribution in [-0.4, -0.2) is 11.8 Å². The van der Waals surface area contributed by atoms with Crippen LogP contribution in [0.4, 0.5) is 9.39 Å². The quantitative estimate of drug-likeness (QED) is 0.873. The first-order chi connectivity index (χ1) is 11.2. The third-order valence-electron chi connectivity index (χ3n) is 3.41. The lowest BCUT2D eigenvalue weighted by Gasteiger charge is -2.16. The van der Waals surface area contributed by atoms with E-state index in [0.717, 1.165) is 11.1 Å². The molecule has 6 heteroatoms. The average Bonchev–Trinajstić information content (AvgIpc) is 2.86. The van der Waals surface area contributed by atoms with Gasteiger partial charge in [-0.05, 0) is 36.2 Å². The van der Waals surface area contributed by atoms with Gasteiger partial charge in [-0.15, -0.1) is 11.3 Å². The van der Waals surface area contributed by atoms with Crippen LogP contribution in [0, 0.1) is 18.2 Å². The lowest BCUT2D eigenvalue weighted by molar-refractivity contribution is -0.123. The van der Waals surface area contributed by atoms with Crippen LogP contribution in [0.25, 0.3) is 0 Å². The Labute approximate surface area is 145 Å². The first kappa shape index (κ1) is 18.1. The van der Waals surface area contributed by atoms with Crippen molar-refractivity contribution >= 4 is 28.2 Å². The maximum Gasteiger partial charge on any atom is 0.261 e. The molecular formula is C18H21FN2O2S. The Morgan fingerprint density at radius 2 is 1.79 bits per heavy atom. The summed E-state index contributed by atoms with van der Waals surface area (Å²) >= 11 is 1.25. The molecule has 128 valence electrons. The summed E-state index contributed by atoms with van der Waals surface area (Å²) in [5, 5.41) is 6.30. The highest BCUT2D eigenvalue weighted by molar-refractivity contribution is 7.18. The van der Waals surface area contributed by atoms with Crippen molar-refractivity contribution in [2.24, 2.45) is 5.41 Å². The molecule has 2 aromatic rings. The zero-order valence-corrected chi connectivity index (χ0v) is 15.0. The van der Waals surface area contributed by atoms with Gasteiger partial charge in [-0.3, -0.25) is 9.59 Å². The largest absolute Gasteiger partial charge is 0.347 e. The van der Waals surface area contributed by atoms with Gasteiger partial charge in [-0.2, -0.15) is 0 Å². The number of thiophene rings is 1. The van der Waals surface area contributed by atoms with Crippen molar-refractivity contribution in [1.82, 2.24) is 5.32 Å². The van der Waals surface area contributed by atoms with Crippen LogP contribution < -0.4 is 10.6 Å². The van der Waals surface area contributed by atoms with E-state index in [-0.39, 0.29) is 17.6 Å². The first-order valence-corrected chi connectivity index (χ1v) is 8.43. The number of hydrogen-bond acceptors (Lipinski definition) is 3. The van der Waals surface area contributed by atoms with Crippen molar-refractivity contribution < 1.29 is 14.0 Å². The number of benzene rings is 1. The van der Waals surface area contributed by atoms with Crippen molar-refractivity contribution in [2.45, 2.75) is 34.2 Å². The number of nitrogens with one attached hydrogen (secondary N) is 2. The highest BCUT2D eigenvalue weighted by atomic mass is 32.1. The highest BCUT2D eigenvalue weighted by Gasteiger charge is 2.23. The highest BCUT2D eigenvalue weighted by Crippen LogP contribution is 2.28. The van der Waals surface area contributed by atoms with Crippen molar-refractivity contribution in [1.29, 1.82) is 0 Å². The Morgan fingerprint density at radius 3 is 2.38 bits per heavy atom. The SMILES string of the molecule is Cc1cc(NC(=O)C(C)(C)C)sc1C(=O)NCc1ccc(F)cc1. The lowest BCUT2D eigenvalue weighted by Crippen LogP contribution is -2.27. The minimum absolute atomic E-state index is 0.0954. The number of amides is 2. The number of carbonyl (C=O) groups excluding carboxylic acids is 2. The molecule has 0 unspecified atom stereocenters. The second kappa shape index (κ2) is 7.13. The van der Waals surface area contributed by atoms with E-state index in [0.29, 0.717) is 16.4 Å². The Bertz CT molecular complexity index is 745. The summed E-state index contributed by atoms with van der Waals surface area (Å²) < 4.78 is 12.9. The third kappa shape index (κ3) is 4.64. The summed E-state index contributed by atoms with van der Waals surface area (Å²) in [5.41, 5.74) is 1.13. The van der Waals surface area contributed by atoms with Gasteiger partial charge in [-0.25, -0.2) is 4.39 Å². The average molecular weight is 348 g/mol. The molecule has 24 heavy (non-hydrogen) atoms. The van der Waals surface area contributed by atoms with E-state index in [1.807, 2.05) is 27.7 Å². The molecule has 1 heterocycles. The summed E-state index contributed by atoms with van der Waals surface area (Å²) in [6.07, 6.45) is 0. The van der Waals surface area contributed by atoms with Crippen molar-refractivity contribution in [3.05, 3.63) is 52.2 Å². The number of halogens is 1. The predicted octanol–water partition coefficient (Wildman–Crippen LogP) is 4.11. The lowest BCUT2D eigenvalue weighted by atomic mass is 9.96. The molecule has 2 amide bonds. The van der Waals surface area contributed by atoms with E-state index in [4.69, 9.17) is 0 Å². The van der Waals surface area contributed by atoms with Gasteiger partial charge >= 0.3 is 0 Å². The van der Waals surface area contributed by atoms with Crippen LogP contribution in [0.15, 0.2) is 30.3 Å². The second-order valence-corrected chi connectivity index (χ2v) is 7.69. The van der Waals surface area contributed by atoms with Gasteiger partial charge in [0, 0.05) is 12.0 Å². The van der Waals surface area contributed by atoms with Crippen molar-refractivity contribution in [3.63, 3.8) is 0 Å². The molecule has 1 aromatic heterocycles. The molecule has 2 N–H and O–H groups in total. The summed E-state index contributed by atoms with van der Waals surface area (Å²) in [7, 11) is 0. The normalized spacial score (nSPS) is 11.2. The Morgan fingerprint density at radius 1 is 1.17 bits per heavy atom. The van der Waals surface area contributed by atoms with E-state index < -0.39 is 5.41 Å². The molecular weight excluding hydrogens is 327 g/mol. The molecule has 0 saturated heterocycles. The minimum Gasteiger partial charge on any atom is -0.347 e. The molecule has 0 bridgehead atoms. The van der Waals surface area contributed by atoms with Crippen LogP contribution in [0.3, 0.4) is 0 Å². The van der Waals surface area contributed by atoms with E-state index in [1.54, 1.807) is 18.2 Å². The van der Waals surface area contributed by atoms with Gasteiger partial charge in [0.2, 0.25) is 5.91 Å². The number of hydrogen-bond donors (Lipinski definition) is 2. The molecule has 0 aliphatic carbocycles. The van der Waals surface area contributed by atoms with Gasteiger partial charge in [0.25, 0.3) is 5.91 Å². The molecule has 1 aromatic carbocycles. The molecule has 0 spiro atoms. The minimum atomic E-state index is -0.497. The summed E-state index contributed by atoms with van der Waals surface area (Å²) in [4.78, 5) is 24.9. The molecule has 0 saturated carbocycles. The summed E-state index contributed by atoms with van der Waals surface area (Å²) in [6.45, 7) is 7.65. The van der Waals surface area contributed by atoms with E-state index in [9.17, 15) is 14.0 Å². The number of carbonyl (C=O) groups is 2. The van der Waals surface area contributed by atoms with Crippen molar-refractivity contribution in [2.75, 3.05) is 5.32 Å². The molecule has 0 atom stereocenters. The zero-order valence-electron chi connectivity index (χ0n) is 14.2. The van der Waals surface area contributed by atoms with Gasteiger partial charge in [0.05, 0.1) is 9.88 Å². The maximum absolute atomic E-state index is 12.9. The smallest absolute Gasteiger partial charge is 0.261 e. The van der Waals surface area contributed by atoms with Gasteiger partial charge in [0.1, 0.15) is 5.82 Å². The Balaban J connectivity index is 2.02. The molecule has 4 nitrogen and oxygen atoms in total. The van der Waals surface area contributed by atoms with Gasteiger partial charge in [-0.1, -0.05) is 32.9 Å². The van der Waals surface area contributed by atoms with Gasteiger partial charge in [0.15, 0.2) is 0 Å². The van der Waals surface area contributed by atoms with Crippen molar-refractivity contribution in [3.8, 4) is 0 Å². The summed E-state index contributed by atoms with van der Waals surface area (Å²) in [6, 6.07) is 7.77. The fraction of sp³-hybridized carbons (Fsp3) is 0.333. The van der Waals surface area contributed by atoms with Crippen LogP contribution >= 0.6 is 11.3 Å². The van der Waals surface area contributed by atoms with E-state index in [1.165, 1.54) is 23.5 Å². The number of anilines is 1. The Hall–Kier alpha value is -2.21. The number of aryl methyl sites for hydroxylation is 1. The van der Waals surface area contributed by atoms with Crippen LogP contribution in [0.5, 0.6) is 0 Å². The summed E-state index contributed by atoms with van der Waals surface area (Å²) in [5.74, 6) is -0.612. The maximum atomic E-state index is 12.9. The number of rotatable bonds is 4. The fourth-order valence-electron chi connectivity index (χ4n) is 1.93. The van der Waals surface area contributed by atoms with Gasteiger partial charge < -0.3 is 10.6 Å². The van der Waals surface area contributed by atoms with Crippen LogP contribution in [-0.2, 0) is 11.3 Å². The van der Waals surface area contributed by atoms with Crippen LogP contribution in [0.2, 0.25) is 0 Å². The third-order valence-corrected chi connectivity index (χ3v) is 4.56. The molecule has 2 rings (SSSR count). The standard InChI is InChI=1S/C18H21FN2O2S/c1-11-9-14(21-17(23)18(2,3)4)24-15(11)16(22)20-10-12-5-7-13(19)8-6-12/h5-9H,10H2,1-4H3,(H,20,22)(H,21,23). The second-order valence-electron chi connectivity index (χ2n) is 6.64. The molecule has 0 aliphatic rings. The monoisotopic (exact) mass is 348 g/mol. The topological polar surface area (TPSA) is 58.2 Å². The van der Waals surface area contributed by atoms with E-state index in [2.05, 4.69) is 10.6 Å². The van der Waals surface area contributed by atoms with E-state index >= 15 is 0 Å². The first-order valence-electron chi connectivity index (χ1n) is 7.61. The molecule has 0 fully saturated rings.